The Kier molecular flexibility index (Phi) is 4.56. The third-order valence-electron chi connectivity index (χ3n) is 4.45. The molecule has 1 amide bonds. The van der Waals surface area contributed by atoms with E-state index in [1.807, 2.05) is 38.1 Å². The van der Waals surface area contributed by atoms with Crippen LogP contribution < -0.4 is 5.32 Å². The number of amides is 1. The quantitative estimate of drug-likeness (QED) is 0.555. The van der Waals surface area contributed by atoms with Gasteiger partial charge in [-0.15, -0.1) is 5.10 Å². The van der Waals surface area contributed by atoms with Crippen molar-refractivity contribution in [3.05, 3.63) is 66.0 Å². The Labute approximate surface area is 159 Å². The Hall–Kier alpha value is -3.62. The molecule has 28 heavy (non-hydrogen) atoms. The van der Waals surface area contributed by atoms with Crippen LogP contribution >= 0.6 is 0 Å². The number of tetrazole rings is 1. The summed E-state index contributed by atoms with van der Waals surface area (Å²) in [5.74, 6) is -0.268. The van der Waals surface area contributed by atoms with E-state index < -0.39 is 11.7 Å². The number of carbonyl (C=O) groups is 1. The molecule has 0 radical (unpaired) electrons. The maximum Gasteiger partial charge on any atom is 0.254 e. The van der Waals surface area contributed by atoms with E-state index in [-0.39, 0.29) is 17.5 Å². The summed E-state index contributed by atoms with van der Waals surface area (Å²) < 4.78 is 15.2. The summed E-state index contributed by atoms with van der Waals surface area (Å²) in [6.45, 7) is 3.96. The van der Waals surface area contributed by atoms with Gasteiger partial charge in [-0.1, -0.05) is 26.0 Å². The fourth-order valence-corrected chi connectivity index (χ4v) is 3.05. The summed E-state index contributed by atoms with van der Waals surface area (Å²) in [5, 5.41) is 13.9. The molecule has 2 heterocycles. The monoisotopic (exact) mass is 379 g/mol. The highest BCUT2D eigenvalue weighted by atomic mass is 19.1. The number of imidazole rings is 1. The van der Waals surface area contributed by atoms with E-state index in [2.05, 4.69) is 30.8 Å². The molecule has 142 valence electrons. The van der Waals surface area contributed by atoms with E-state index in [1.54, 1.807) is 0 Å². The molecule has 8 nitrogen and oxygen atoms in total. The van der Waals surface area contributed by atoms with Gasteiger partial charge in [-0.2, -0.15) is 4.68 Å². The zero-order valence-electron chi connectivity index (χ0n) is 15.3. The van der Waals surface area contributed by atoms with E-state index in [9.17, 15) is 9.18 Å². The molecule has 0 fully saturated rings. The number of H-pyrrole nitrogens is 1. The third-order valence-corrected chi connectivity index (χ3v) is 4.45. The normalized spacial score (nSPS) is 12.4. The number of aromatic nitrogens is 6. The summed E-state index contributed by atoms with van der Waals surface area (Å²) in [5.41, 5.74) is 2.22. The lowest BCUT2D eigenvalue weighted by Gasteiger charge is -2.21. The Balaban J connectivity index is 1.69. The summed E-state index contributed by atoms with van der Waals surface area (Å²) in [6, 6.07) is 11.1. The van der Waals surface area contributed by atoms with E-state index >= 15 is 0 Å². The van der Waals surface area contributed by atoms with Crippen LogP contribution in [0.15, 0.2) is 48.8 Å². The SMILES string of the molecule is CC(C)[C@@H](NC(=O)c1cc(F)ccc1-n1cnnn1)c1nc2ccccc2[nH]1. The number of halogens is 1. The Bertz CT molecular complexity index is 1090. The van der Waals surface area contributed by atoms with Crippen molar-refractivity contribution in [3.63, 3.8) is 0 Å². The molecule has 0 saturated heterocycles. The Morgan fingerprint density at radius 3 is 2.75 bits per heavy atom. The van der Waals surface area contributed by atoms with Crippen LogP contribution in [0.4, 0.5) is 4.39 Å². The largest absolute Gasteiger partial charge is 0.342 e. The third kappa shape index (κ3) is 3.34. The minimum absolute atomic E-state index is 0.0505. The zero-order valence-corrected chi connectivity index (χ0v) is 15.3. The van der Waals surface area contributed by atoms with Crippen LogP contribution in [0.1, 0.15) is 36.1 Å². The predicted octanol–water partition coefficient (Wildman–Crippen LogP) is 2.80. The first-order chi connectivity index (χ1) is 13.5. The number of para-hydroxylation sites is 2. The van der Waals surface area contributed by atoms with Gasteiger partial charge in [0.15, 0.2) is 0 Å². The smallest absolute Gasteiger partial charge is 0.254 e. The average Bonchev–Trinajstić information content (AvgIpc) is 3.35. The Morgan fingerprint density at radius 2 is 2.04 bits per heavy atom. The number of rotatable bonds is 5. The second kappa shape index (κ2) is 7.18. The van der Waals surface area contributed by atoms with Crippen molar-refractivity contribution < 1.29 is 9.18 Å². The topological polar surface area (TPSA) is 101 Å². The van der Waals surface area contributed by atoms with Crippen molar-refractivity contribution in [2.45, 2.75) is 19.9 Å². The van der Waals surface area contributed by atoms with E-state index in [0.717, 1.165) is 11.0 Å². The molecule has 0 bridgehead atoms. The second-order valence-corrected chi connectivity index (χ2v) is 6.75. The molecule has 2 N–H and O–H groups in total. The van der Waals surface area contributed by atoms with Gasteiger partial charge in [0.1, 0.15) is 18.0 Å². The molecule has 2 aromatic heterocycles. The molecule has 0 aliphatic rings. The van der Waals surface area contributed by atoms with Gasteiger partial charge in [0.2, 0.25) is 0 Å². The average molecular weight is 379 g/mol. The lowest BCUT2D eigenvalue weighted by atomic mass is 10.0. The lowest BCUT2D eigenvalue weighted by molar-refractivity contribution is 0.0922. The summed E-state index contributed by atoms with van der Waals surface area (Å²) in [7, 11) is 0. The molecular formula is C19H18FN7O. The van der Waals surface area contributed by atoms with Crippen LogP contribution in [0.25, 0.3) is 16.7 Å². The van der Waals surface area contributed by atoms with Gasteiger partial charge in [-0.05, 0) is 46.7 Å². The minimum Gasteiger partial charge on any atom is -0.342 e. The number of nitrogens with zero attached hydrogens (tertiary/aromatic N) is 5. The summed E-state index contributed by atoms with van der Waals surface area (Å²) in [4.78, 5) is 20.9. The first-order valence-electron chi connectivity index (χ1n) is 8.81. The molecule has 0 spiro atoms. The van der Waals surface area contributed by atoms with Crippen molar-refractivity contribution in [1.82, 2.24) is 35.5 Å². The van der Waals surface area contributed by atoms with Crippen LogP contribution in [0.2, 0.25) is 0 Å². The van der Waals surface area contributed by atoms with Crippen molar-refractivity contribution >= 4 is 16.9 Å². The van der Waals surface area contributed by atoms with Gasteiger partial charge < -0.3 is 10.3 Å². The molecule has 9 heteroatoms. The van der Waals surface area contributed by atoms with Gasteiger partial charge in [0.05, 0.1) is 28.3 Å². The molecule has 0 saturated carbocycles. The van der Waals surface area contributed by atoms with Crippen molar-refractivity contribution in [3.8, 4) is 5.69 Å². The van der Waals surface area contributed by atoms with Crippen LogP contribution in [0, 0.1) is 11.7 Å². The van der Waals surface area contributed by atoms with Crippen molar-refractivity contribution in [2.24, 2.45) is 5.92 Å². The highest BCUT2D eigenvalue weighted by Gasteiger charge is 2.24. The molecular weight excluding hydrogens is 361 g/mol. The van der Waals surface area contributed by atoms with Crippen LogP contribution in [0.5, 0.6) is 0 Å². The molecule has 0 aliphatic carbocycles. The second-order valence-electron chi connectivity index (χ2n) is 6.75. The highest BCUT2D eigenvalue weighted by Crippen LogP contribution is 2.24. The first kappa shape index (κ1) is 17.8. The van der Waals surface area contributed by atoms with Gasteiger partial charge in [0.25, 0.3) is 5.91 Å². The number of benzene rings is 2. The fraction of sp³-hybridized carbons (Fsp3) is 0.211. The number of nitrogens with one attached hydrogen (secondary N) is 2. The standard InChI is InChI=1S/C19H18FN7O/c1-11(2)17(18-22-14-5-3-4-6-15(14)23-18)24-19(28)13-9-12(20)7-8-16(13)27-10-21-25-26-27/h3-11,17H,1-2H3,(H,22,23)(H,24,28)/t17-/m1/s1. The van der Waals surface area contributed by atoms with Gasteiger partial charge in [-0.25, -0.2) is 9.37 Å². The number of hydrogen-bond acceptors (Lipinski definition) is 5. The number of aromatic amines is 1. The molecule has 4 aromatic rings. The highest BCUT2D eigenvalue weighted by molar-refractivity contribution is 5.98. The molecule has 0 aliphatic heterocycles. The zero-order chi connectivity index (χ0) is 19.7. The van der Waals surface area contributed by atoms with Crippen LogP contribution in [0.3, 0.4) is 0 Å². The molecule has 4 rings (SSSR count). The van der Waals surface area contributed by atoms with Gasteiger partial charge in [-0.3, -0.25) is 4.79 Å². The van der Waals surface area contributed by atoms with Crippen LogP contribution in [-0.4, -0.2) is 36.1 Å². The maximum atomic E-state index is 13.8. The molecule has 1 atom stereocenters. The van der Waals surface area contributed by atoms with E-state index in [4.69, 9.17) is 0 Å². The Morgan fingerprint density at radius 1 is 1.21 bits per heavy atom. The van der Waals surface area contributed by atoms with Gasteiger partial charge >= 0.3 is 0 Å². The maximum absolute atomic E-state index is 13.8. The summed E-state index contributed by atoms with van der Waals surface area (Å²) in [6.07, 6.45) is 1.35. The van der Waals surface area contributed by atoms with Crippen molar-refractivity contribution in [1.29, 1.82) is 0 Å². The van der Waals surface area contributed by atoms with Crippen LogP contribution in [-0.2, 0) is 0 Å². The van der Waals surface area contributed by atoms with Gasteiger partial charge in [0, 0.05) is 0 Å². The fourth-order valence-electron chi connectivity index (χ4n) is 3.05. The molecule has 0 unspecified atom stereocenters. The van der Waals surface area contributed by atoms with Crippen molar-refractivity contribution in [2.75, 3.05) is 0 Å². The summed E-state index contributed by atoms with van der Waals surface area (Å²) >= 11 is 0. The lowest BCUT2D eigenvalue weighted by Crippen LogP contribution is -2.33. The number of fused-ring (bicyclic) bond motifs is 1. The number of carbonyl (C=O) groups excluding carboxylic acids is 1. The minimum atomic E-state index is -0.521. The first-order valence-corrected chi connectivity index (χ1v) is 8.81. The molecule has 2 aromatic carbocycles. The predicted molar refractivity (Wildman–Crippen MR) is 100 cm³/mol. The van der Waals surface area contributed by atoms with E-state index in [0.29, 0.717) is 11.5 Å². The number of hydrogen-bond donors (Lipinski definition) is 2. The van der Waals surface area contributed by atoms with E-state index in [1.165, 1.54) is 29.2 Å².